The second-order valence-corrected chi connectivity index (χ2v) is 7.43. The van der Waals surface area contributed by atoms with E-state index < -0.39 is 23.4 Å². The first-order valence-corrected chi connectivity index (χ1v) is 8.02. The molecule has 8 nitrogen and oxygen atoms in total. The monoisotopic (exact) mass is 363 g/mol. The molecule has 0 bridgehead atoms. The molecule has 0 aliphatic heterocycles. The van der Waals surface area contributed by atoms with Gasteiger partial charge in [0.25, 0.3) is 0 Å². The molecule has 142 valence electrons. The van der Waals surface area contributed by atoms with Crippen molar-refractivity contribution in [3.05, 3.63) is 29.8 Å². The number of amides is 2. The van der Waals surface area contributed by atoms with Gasteiger partial charge in [0.05, 0.1) is 5.69 Å². The molecule has 8 heteroatoms. The fourth-order valence-corrected chi connectivity index (χ4v) is 1.68. The maximum absolute atomic E-state index is 12.0. The maximum atomic E-state index is 12.0. The number of nitrogens with zero attached hydrogens (tertiary/aromatic N) is 1. The third-order valence-electron chi connectivity index (χ3n) is 2.49. The number of aliphatic imine (C=N–C) groups is 1. The van der Waals surface area contributed by atoms with Crippen LogP contribution in [0.1, 0.15) is 51.9 Å². The average Bonchev–Trinajstić information content (AvgIpc) is 2.42. The lowest BCUT2D eigenvalue weighted by Gasteiger charge is -2.22. The normalized spacial score (nSPS) is 11.2. The van der Waals surface area contributed by atoms with Gasteiger partial charge in [-0.2, -0.15) is 0 Å². The van der Waals surface area contributed by atoms with Gasteiger partial charge in [0, 0.05) is 5.56 Å². The number of nitrogens with one attached hydrogen (secondary N) is 2. The van der Waals surface area contributed by atoms with Crippen LogP contribution in [0.25, 0.3) is 0 Å². The molecule has 0 aliphatic carbocycles. The van der Waals surface area contributed by atoms with Gasteiger partial charge in [-0.25, -0.2) is 14.6 Å². The van der Waals surface area contributed by atoms with Crippen LogP contribution < -0.4 is 10.6 Å². The molecule has 0 fully saturated rings. The first kappa shape index (κ1) is 21.1. The Bertz CT molecular complexity index is 668. The Balaban J connectivity index is 3.03. The molecule has 1 rings (SSSR count). The van der Waals surface area contributed by atoms with E-state index in [9.17, 15) is 14.4 Å². The number of hydrogen-bond donors (Lipinski definition) is 2. The molecule has 0 aromatic heterocycles. The predicted molar refractivity (Wildman–Crippen MR) is 97.7 cm³/mol. The second-order valence-electron chi connectivity index (χ2n) is 7.43. The summed E-state index contributed by atoms with van der Waals surface area (Å²) in [7, 11) is 0. The van der Waals surface area contributed by atoms with Gasteiger partial charge < -0.3 is 9.47 Å². The molecule has 0 aliphatic rings. The number of aldehydes is 1. The van der Waals surface area contributed by atoms with Crippen LogP contribution in [0.4, 0.5) is 15.3 Å². The summed E-state index contributed by atoms with van der Waals surface area (Å²) in [6.45, 7) is 10.2. The fourth-order valence-electron chi connectivity index (χ4n) is 1.68. The van der Waals surface area contributed by atoms with Crippen LogP contribution in [0, 0.1) is 0 Å². The van der Waals surface area contributed by atoms with Crippen molar-refractivity contribution in [2.24, 2.45) is 4.99 Å². The third kappa shape index (κ3) is 8.81. The highest BCUT2D eigenvalue weighted by molar-refractivity contribution is 6.02. The Kier molecular flexibility index (Phi) is 6.88. The van der Waals surface area contributed by atoms with E-state index in [1.165, 1.54) is 6.07 Å². The Labute approximate surface area is 153 Å². The molecular formula is C18H25N3O5. The highest BCUT2D eigenvalue weighted by Gasteiger charge is 2.21. The molecular weight excluding hydrogens is 338 g/mol. The van der Waals surface area contributed by atoms with Crippen LogP contribution in [0.5, 0.6) is 0 Å². The summed E-state index contributed by atoms with van der Waals surface area (Å²) in [5.41, 5.74) is -0.686. The molecule has 0 saturated carbocycles. The topological polar surface area (TPSA) is 106 Å². The number of carbonyl (C=O) groups is 3. The van der Waals surface area contributed by atoms with E-state index in [0.29, 0.717) is 17.5 Å². The number of alkyl carbamates (subject to hydrolysis) is 2. The summed E-state index contributed by atoms with van der Waals surface area (Å²) in [6.07, 6.45) is -0.918. The van der Waals surface area contributed by atoms with E-state index >= 15 is 0 Å². The number of ether oxygens (including phenoxy) is 2. The number of guanidine groups is 1. The zero-order valence-electron chi connectivity index (χ0n) is 15.9. The first-order chi connectivity index (χ1) is 11.9. The molecule has 2 amide bonds. The highest BCUT2D eigenvalue weighted by Crippen LogP contribution is 2.13. The van der Waals surface area contributed by atoms with Crippen molar-refractivity contribution in [2.45, 2.75) is 52.7 Å². The smallest absolute Gasteiger partial charge is 0.414 e. The van der Waals surface area contributed by atoms with E-state index in [1.54, 1.807) is 59.7 Å². The van der Waals surface area contributed by atoms with Crippen molar-refractivity contribution < 1.29 is 23.9 Å². The summed E-state index contributed by atoms with van der Waals surface area (Å²) in [6, 6.07) is 6.34. The van der Waals surface area contributed by atoms with E-state index in [-0.39, 0.29) is 5.96 Å². The summed E-state index contributed by atoms with van der Waals surface area (Å²) < 4.78 is 10.3. The van der Waals surface area contributed by atoms with Gasteiger partial charge in [-0.05, 0) is 53.7 Å². The standard InChI is InChI=1S/C18H25N3O5/c1-17(2,3)25-15(23)20-14(21-16(24)26-18(4,5)6)19-13-9-7-8-12(10-13)11-22/h7-11H,1-6H3,(H2,19,20,21,23,24). The molecule has 0 unspecified atom stereocenters. The molecule has 0 saturated heterocycles. The lowest BCUT2D eigenvalue weighted by molar-refractivity contribution is 0.0545. The van der Waals surface area contributed by atoms with Crippen LogP contribution in [-0.4, -0.2) is 35.6 Å². The first-order valence-electron chi connectivity index (χ1n) is 8.02. The van der Waals surface area contributed by atoms with Crippen molar-refractivity contribution in [1.29, 1.82) is 0 Å². The van der Waals surface area contributed by atoms with Crippen molar-refractivity contribution in [1.82, 2.24) is 10.6 Å². The fraction of sp³-hybridized carbons (Fsp3) is 0.444. The number of carbonyl (C=O) groups excluding carboxylic acids is 3. The van der Waals surface area contributed by atoms with Gasteiger partial charge in [0.15, 0.2) is 0 Å². The zero-order valence-corrected chi connectivity index (χ0v) is 15.9. The van der Waals surface area contributed by atoms with E-state index in [4.69, 9.17) is 9.47 Å². The van der Waals surface area contributed by atoms with E-state index in [2.05, 4.69) is 15.6 Å². The quantitative estimate of drug-likeness (QED) is 0.475. The second kappa shape index (κ2) is 8.46. The molecule has 0 atom stereocenters. The minimum atomic E-state index is -0.793. The predicted octanol–water partition coefficient (Wildman–Crippen LogP) is 3.54. The molecule has 0 spiro atoms. The van der Waals surface area contributed by atoms with Crippen LogP contribution in [-0.2, 0) is 9.47 Å². The minimum Gasteiger partial charge on any atom is -0.444 e. The van der Waals surface area contributed by atoms with Crippen molar-refractivity contribution in [3.8, 4) is 0 Å². The number of benzene rings is 1. The molecule has 2 N–H and O–H groups in total. The third-order valence-corrected chi connectivity index (χ3v) is 2.49. The van der Waals surface area contributed by atoms with Crippen molar-refractivity contribution in [3.63, 3.8) is 0 Å². The van der Waals surface area contributed by atoms with Gasteiger partial charge in [-0.3, -0.25) is 15.4 Å². The number of hydrogen-bond acceptors (Lipinski definition) is 6. The van der Waals surface area contributed by atoms with Gasteiger partial charge >= 0.3 is 12.2 Å². The van der Waals surface area contributed by atoms with Crippen LogP contribution in [0.3, 0.4) is 0 Å². The van der Waals surface area contributed by atoms with Gasteiger partial charge in [0.2, 0.25) is 5.96 Å². The Morgan fingerprint density at radius 2 is 1.46 bits per heavy atom. The lowest BCUT2D eigenvalue weighted by atomic mass is 10.2. The minimum absolute atomic E-state index is 0.184. The van der Waals surface area contributed by atoms with Crippen LogP contribution in [0.15, 0.2) is 29.3 Å². The van der Waals surface area contributed by atoms with Gasteiger partial charge in [-0.1, -0.05) is 12.1 Å². The molecule has 0 radical (unpaired) electrons. The van der Waals surface area contributed by atoms with Crippen molar-refractivity contribution >= 4 is 30.1 Å². The Hall–Kier alpha value is -2.90. The lowest BCUT2D eigenvalue weighted by Crippen LogP contribution is -2.47. The molecule has 26 heavy (non-hydrogen) atoms. The van der Waals surface area contributed by atoms with E-state index in [0.717, 1.165) is 0 Å². The Morgan fingerprint density at radius 3 is 1.88 bits per heavy atom. The Morgan fingerprint density at radius 1 is 0.962 bits per heavy atom. The zero-order chi connectivity index (χ0) is 20.0. The summed E-state index contributed by atoms with van der Waals surface area (Å²) >= 11 is 0. The molecule has 1 aromatic rings. The largest absolute Gasteiger partial charge is 0.444 e. The summed E-state index contributed by atoms with van der Waals surface area (Å²) in [5, 5.41) is 4.73. The SMILES string of the molecule is CC(C)(C)OC(=O)NC(=Nc1cccc(C=O)c1)NC(=O)OC(C)(C)C. The molecule has 1 aromatic carbocycles. The van der Waals surface area contributed by atoms with Gasteiger partial charge in [0.1, 0.15) is 17.5 Å². The van der Waals surface area contributed by atoms with Gasteiger partial charge in [-0.15, -0.1) is 0 Å². The van der Waals surface area contributed by atoms with Crippen LogP contribution >= 0.6 is 0 Å². The molecule has 0 heterocycles. The maximum Gasteiger partial charge on any atom is 0.414 e. The summed E-state index contributed by atoms with van der Waals surface area (Å²) in [5.74, 6) is -0.184. The van der Waals surface area contributed by atoms with Crippen LogP contribution in [0.2, 0.25) is 0 Å². The number of rotatable bonds is 2. The van der Waals surface area contributed by atoms with E-state index in [1.807, 2.05) is 0 Å². The van der Waals surface area contributed by atoms with Crippen molar-refractivity contribution in [2.75, 3.05) is 0 Å². The highest BCUT2D eigenvalue weighted by atomic mass is 16.6. The average molecular weight is 363 g/mol. The summed E-state index contributed by atoms with van der Waals surface area (Å²) in [4.78, 5) is 39.0.